The monoisotopic (exact) mass is 237 g/mol. The molecular formula is C16H31N. The minimum absolute atomic E-state index is 0.776. The van der Waals surface area contributed by atoms with Crippen LogP contribution in [0.25, 0.3) is 0 Å². The molecule has 1 aliphatic carbocycles. The molecule has 1 unspecified atom stereocenters. The second kappa shape index (κ2) is 5.30. The van der Waals surface area contributed by atoms with Crippen LogP contribution in [0.4, 0.5) is 0 Å². The molecule has 1 aliphatic heterocycles. The molecule has 1 heterocycles. The molecule has 0 bridgehead atoms. The number of hydrogen-bond acceptors (Lipinski definition) is 1. The molecule has 1 atom stereocenters. The highest BCUT2D eigenvalue weighted by Crippen LogP contribution is 2.55. The van der Waals surface area contributed by atoms with Crippen LogP contribution in [0.3, 0.4) is 0 Å². The van der Waals surface area contributed by atoms with Crippen molar-refractivity contribution in [3.05, 3.63) is 0 Å². The van der Waals surface area contributed by atoms with Crippen molar-refractivity contribution in [3.63, 3.8) is 0 Å². The maximum absolute atomic E-state index is 2.67. The lowest BCUT2D eigenvalue weighted by Crippen LogP contribution is -2.49. The van der Waals surface area contributed by atoms with Gasteiger partial charge < -0.3 is 4.90 Å². The first kappa shape index (κ1) is 13.4. The SMILES string of the molecule is CCCN1CCC2(CC1)CC(C(C)C(C)C)C2. The largest absolute Gasteiger partial charge is 0.303 e. The van der Waals surface area contributed by atoms with Gasteiger partial charge in [0.1, 0.15) is 0 Å². The standard InChI is InChI=1S/C16H31N/c1-5-8-17-9-6-16(7-10-17)11-15(12-16)14(4)13(2)3/h13-15H,5-12H2,1-4H3. The van der Waals surface area contributed by atoms with Gasteiger partial charge >= 0.3 is 0 Å². The van der Waals surface area contributed by atoms with Crippen LogP contribution in [0.15, 0.2) is 0 Å². The molecule has 0 aromatic carbocycles. The van der Waals surface area contributed by atoms with Crippen LogP contribution in [0, 0.1) is 23.2 Å². The summed E-state index contributed by atoms with van der Waals surface area (Å²) in [6.45, 7) is 13.6. The summed E-state index contributed by atoms with van der Waals surface area (Å²) in [4.78, 5) is 2.67. The van der Waals surface area contributed by atoms with E-state index in [1.54, 1.807) is 0 Å². The van der Waals surface area contributed by atoms with Crippen molar-refractivity contribution < 1.29 is 0 Å². The van der Waals surface area contributed by atoms with Crippen molar-refractivity contribution in [1.82, 2.24) is 4.90 Å². The van der Waals surface area contributed by atoms with Gasteiger partial charge in [-0.05, 0) is 74.9 Å². The molecule has 0 aromatic heterocycles. The average Bonchev–Trinajstić information content (AvgIpc) is 2.26. The Morgan fingerprint density at radius 2 is 1.71 bits per heavy atom. The Bertz CT molecular complexity index is 230. The van der Waals surface area contributed by atoms with E-state index in [2.05, 4.69) is 32.6 Å². The van der Waals surface area contributed by atoms with Gasteiger partial charge in [-0.1, -0.05) is 27.7 Å². The Morgan fingerprint density at radius 3 is 2.18 bits per heavy atom. The number of hydrogen-bond donors (Lipinski definition) is 0. The highest BCUT2D eigenvalue weighted by atomic mass is 15.1. The fraction of sp³-hybridized carbons (Fsp3) is 1.00. The fourth-order valence-electron chi connectivity index (χ4n) is 3.94. The zero-order valence-corrected chi connectivity index (χ0v) is 12.3. The third-order valence-corrected chi connectivity index (χ3v) is 5.64. The van der Waals surface area contributed by atoms with Crippen LogP contribution in [0.2, 0.25) is 0 Å². The van der Waals surface area contributed by atoms with Crippen molar-refractivity contribution in [1.29, 1.82) is 0 Å². The van der Waals surface area contributed by atoms with Gasteiger partial charge in [0.05, 0.1) is 0 Å². The summed E-state index contributed by atoms with van der Waals surface area (Å²) in [6.07, 6.45) is 7.35. The predicted molar refractivity (Wildman–Crippen MR) is 75.1 cm³/mol. The van der Waals surface area contributed by atoms with Gasteiger partial charge in [0.15, 0.2) is 0 Å². The Morgan fingerprint density at radius 1 is 1.12 bits per heavy atom. The van der Waals surface area contributed by atoms with Gasteiger partial charge in [-0.15, -0.1) is 0 Å². The molecule has 0 aromatic rings. The molecule has 17 heavy (non-hydrogen) atoms. The van der Waals surface area contributed by atoms with Crippen molar-refractivity contribution in [2.75, 3.05) is 19.6 Å². The number of rotatable bonds is 4. The molecule has 1 spiro atoms. The van der Waals surface area contributed by atoms with Crippen molar-refractivity contribution in [2.24, 2.45) is 23.2 Å². The summed E-state index contributed by atoms with van der Waals surface area (Å²) < 4.78 is 0. The molecule has 0 N–H and O–H groups in total. The maximum atomic E-state index is 2.67. The van der Waals surface area contributed by atoms with Crippen LogP contribution in [0.1, 0.15) is 59.8 Å². The van der Waals surface area contributed by atoms with Gasteiger partial charge in [0, 0.05) is 0 Å². The normalized spacial score (nSPS) is 27.4. The van der Waals surface area contributed by atoms with E-state index in [-0.39, 0.29) is 0 Å². The third-order valence-electron chi connectivity index (χ3n) is 5.64. The van der Waals surface area contributed by atoms with E-state index >= 15 is 0 Å². The summed E-state index contributed by atoms with van der Waals surface area (Å²) in [7, 11) is 0. The first-order chi connectivity index (χ1) is 8.06. The van der Waals surface area contributed by atoms with Crippen LogP contribution in [-0.2, 0) is 0 Å². The van der Waals surface area contributed by atoms with Gasteiger partial charge in [-0.25, -0.2) is 0 Å². The molecule has 1 saturated heterocycles. The third kappa shape index (κ3) is 2.86. The summed E-state index contributed by atoms with van der Waals surface area (Å²) in [6, 6.07) is 0. The van der Waals surface area contributed by atoms with E-state index in [0.29, 0.717) is 0 Å². The molecule has 2 fully saturated rings. The number of nitrogens with zero attached hydrogens (tertiary/aromatic N) is 1. The molecule has 1 saturated carbocycles. The summed E-state index contributed by atoms with van der Waals surface area (Å²) >= 11 is 0. The Balaban J connectivity index is 1.76. The molecule has 1 heteroatoms. The first-order valence-corrected chi connectivity index (χ1v) is 7.79. The van der Waals surface area contributed by atoms with Gasteiger partial charge in [0.25, 0.3) is 0 Å². The van der Waals surface area contributed by atoms with Crippen LogP contribution < -0.4 is 0 Å². The summed E-state index contributed by atoms with van der Waals surface area (Å²) in [5, 5.41) is 0. The van der Waals surface area contributed by atoms with E-state index in [4.69, 9.17) is 0 Å². The van der Waals surface area contributed by atoms with E-state index in [1.807, 2.05) is 0 Å². The topological polar surface area (TPSA) is 3.24 Å². The molecule has 2 rings (SSSR count). The summed E-state index contributed by atoms with van der Waals surface area (Å²) in [5.41, 5.74) is 0.776. The van der Waals surface area contributed by atoms with Crippen molar-refractivity contribution >= 4 is 0 Å². The van der Waals surface area contributed by atoms with Crippen LogP contribution in [0.5, 0.6) is 0 Å². The molecule has 0 radical (unpaired) electrons. The van der Waals surface area contributed by atoms with E-state index in [1.165, 1.54) is 51.7 Å². The lowest BCUT2D eigenvalue weighted by molar-refractivity contribution is -0.0416. The van der Waals surface area contributed by atoms with E-state index in [0.717, 1.165) is 23.2 Å². The number of piperidine rings is 1. The van der Waals surface area contributed by atoms with E-state index in [9.17, 15) is 0 Å². The Kier molecular flexibility index (Phi) is 4.18. The minimum Gasteiger partial charge on any atom is -0.303 e. The summed E-state index contributed by atoms with van der Waals surface area (Å²) in [5.74, 6) is 2.85. The van der Waals surface area contributed by atoms with Crippen molar-refractivity contribution in [3.8, 4) is 0 Å². The highest BCUT2D eigenvalue weighted by molar-refractivity contribution is 4.98. The highest BCUT2D eigenvalue weighted by Gasteiger charge is 2.47. The average molecular weight is 237 g/mol. The Hall–Kier alpha value is -0.0400. The maximum Gasteiger partial charge on any atom is -0.00134 e. The zero-order chi connectivity index (χ0) is 12.5. The lowest BCUT2D eigenvalue weighted by Gasteiger charge is -2.54. The lowest BCUT2D eigenvalue weighted by atomic mass is 9.53. The van der Waals surface area contributed by atoms with Crippen LogP contribution >= 0.6 is 0 Å². The molecule has 2 aliphatic rings. The second-order valence-corrected chi connectivity index (χ2v) is 7.11. The zero-order valence-electron chi connectivity index (χ0n) is 12.3. The second-order valence-electron chi connectivity index (χ2n) is 7.11. The molecule has 0 amide bonds. The fourth-order valence-corrected chi connectivity index (χ4v) is 3.94. The molecule has 1 nitrogen and oxygen atoms in total. The van der Waals surface area contributed by atoms with Crippen LogP contribution in [-0.4, -0.2) is 24.5 Å². The van der Waals surface area contributed by atoms with Gasteiger partial charge in [-0.2, -0.15) is 0 Å². The number of likely N-dealkylation sites (tertiary alicyclic amines) is 1. The van der Waals surface area contributed by atoms with Crippen molar-refractivity contribution in [2.45, 2.75) is 59.8 Å². The quantitative estimate of drug-likeness (QED) is 0.709. The Labute approximate surface area is 108 Å². The van der Waals surface area contributed by atoms with E-state index < -0.39 is 0 Å². The molecular weight excluding hydrogens is 206 g/mol. The van der Waals surface area contributed by atoms with Gasteiger partial charge in [-0.3, -0.25) is 0 Å². The van der Waals surface area contributed by atoms with Gasteiger partial charge in [0.2, 0.25) is 0 Å². The first-order valence-electron chi connectivity index (χ1n) is 7.79. The predicted octanol–water partition coefficient (Wildman–Crippen LogP) is 4.18. The smallest absolute Gasteiger partial charge is 0.00134 e. The minimum atomic E-state index is 0.776. The molecule has 100 valence electrons.